The Morgan fingerprint density at radius 2 is 1.88 bits per heavy atom. The monoisotopic (exact) mass is 342 g/mol. The Labute approximate surface area is 151 Å². The third-order valence-electron chi connectivity index (χ3n) is 5.45. The van der Waals surface area contributed by atoms with E-state index in [1.54, 1.807) is 0 Å². The van der Waals surface area contributed by atoms with Gasteiger partial charge in [0.1, 0.15) is 0 Å². The van der Waals surface area contributed by atoms with Crippen molar-refractivity contribution in [3.8, 4) is 0 Å². The molecule has 2 fully saturated rings. The van der Waals surface area contributed by atoms with Crippen LogP contribution in [-0.4, -0.2) is 43.3 Å². The predicted molar refractivity (Wildman–Crippen MR) is 102 cm³/mol. The fraction of sp³-hybridized carbons (Fsp3) is 0.619. The van der Waals surface area contributed by atoms with Gasteiger partial charge in [-0.15, -0.1) is 0 Å². The molecule has 0 atom stereocenters. The molecule has 4 heteroatoms. The molecule has 0 spiro atoms. The van der Waals surface area contributed by atoms with Gasteiger partial charge in [0.05, 0.1) is 25.2 Å². The maximum atomic E-state index is 12.7. The number of hydrogen-bond acceptors (Lipinski definition) is 3. The van der Waals surface area contributed by atoms with Gasteiger partial charge in [-0.3, -0.25) is 4.79 Å². The first-order chi connectivity index (χ1) is 12.1. The molecule has 1 aromatic rings. The molecule has 1 saturated heterocycles. The molecule has 4 nitrogen and oxygen atoms in total. The van der Waals surface area contributed by atoms with Crippen LogP contribution in [0.1, 0.15) is 60.0 Å². The lowest BCUT2D eigenvalue weighted by Crippen LogP contribution is -2.35. The smallest absolute Gasteiger partial charge is 0.163 e. The quantitative estimate of drug-likeness (QED) is 0.451. The van der Waals surface area contributed by atoms with Crippen molar-refractivity contribution in [2.75, 3.05) is 26.3 Å². The summed E-state index contributed by atoms with van der Waals surface area (Å²) in [6.07, 6.45) is 8.94. The maximum absolute atomic E-state index is 12.7. The third-order valence-corrected chi connectivity index (χ3v) is 5.45. The first kappa shape index (κ1) is 18.1. The minimum atomic E-state index is 0.302. The van der Waals surface area contributed by atoms with Gasteiger partial charge in [-0.25, -0.2) is 4.99 Å². The number of rotatable bonds is 5. The van der Waals surface area contributed by atoms with Crippen LogP contribution in [0.4, 0.5) is 5.69 Å². The Kier molecular flexibility index (Phi) is 6.24. The molecule has 0 N–H and O–H groups in total. The molecule has 0 bridgehead atoms. The minimum Gasteiger partial charge on any atom is -0.378 e. The fourth-order valence-electron chi connectivity index (χ4n) is 3.84. The van der Waals surface area contributed by atoms with Gasteiger partial charge in [-0.2, -0.15) is 0 Å². The van der Waals surface area contributed by atoms with E-state index in [4.69, 9.17) is 4.74 Å². The van der Waals surface area contributed by atoms with E-state index in [0.29, 0.717) is 18.1 Å². The summed E-state index contributed by atoms with van der Waals surface area (Å²) in [5, 5.41) is 0. The summed E-state index contributed by atoms with van der Waals surface area (Å²) in [7, 11) is 0. The molecule has 0 radical (unpaired) electrons. The van der Waals surface area contributed by atoms with Crippen molar-refractivity contribution in [2.24, 2.45) is 10.9 Å². The van der Waals surface area contributed by atoms with Gasteiger partial charge in [-0.1, -0.05) is 32.1 Å². The van der Waals surface area contributed by atoms with Crippen LogP contribution in [0.3, 0.4) is 0 Å². The first-order valence-electron chi connectivity index (χ1n) is 9.64. The number of morpholine rings is 1. The van der Waals surface area contributed by atoms with Crippen molar-refractivity contribution >= 4 is 17.8 Å². The van der Waals surface area contributed by atoms with Gasteiger partial charge in [0.15, 0.2) is 5.78 Å². The Balaban J connectivity index is 1.68. The van der Waals surface area contributed by atoms with E-state index in [9.17, 15) is 4.79 Å². The third kappa shape index (κ3) is 4.91. The number of carbonyl (C=O) groups excluding carboxylic acids is 1. The topological polar surface area (TPSA) is 41.9 Å². The van der Waals surface area contributed by atoms with Crippen LogP contribution in [0.5, 0.6) is 0 Å². The molecular weight excluding hydrogens is 312 g/mol. The average molecular weight is 342 g/mol. The largest absolute Gasteiger partial charge is 0.378 e. The molecule has 1 aliphatic carbocycles. The summed E-state index contributed by atoms with van der Waals surface area (Å²) in [5.74, 6) is 0.885. The number of ketones is 1. The highest BCUT2D eigenvalue weighted by Gasteiger charge is 2.19. The van der Waals surface area contributed by atoms with Crippen molar-refractivity contribution in [1.29, 1.82) is 0 Å². The molecule has 1 saturated carbocycles. The Bertz CT molecular complexity index is 627. The van der Waals surface area contributed by atoms with Crippen molar-refractivity contribution < 1.29 is 9.53 Å². The van der Waals surface area contributed by atoms with Crippen molar-refractivity contribution in [2.45, 2.75) is 52.4 Å². The molecule has 0 unspecified atom stereocenters. The molecule has 1 heterocycles. The maximum Gasteiger partial charge on any atom is 0.163 e. The highest BCUT2D eigenvalue weighted by molar-refractivity contribution is 5.98. The Morgan fingerprint density at radius 3 is 2.60 bits per heavy atom. The van der Waals surface area contributed by atoms with E-state index in [1.165, 1.54) is 32.1 Å². The highest BCUT2D eigenvalue weighted by atomic mass is 16.5. The summed E-state index contributed by atoms with van der Waals surface area (Å²) >= 11 is 0. The normalized spacial score (nSPS) is 19.5. The van der Waals surface area contributed by atoms with Gasteiger partial charge in [-0.05, 0) is 43.0 Å². The van der Waals surface area contributed by atoms with Crippen LogP contribution in [0.15, 0.2) is 17.1 Å². The van der Waals surface area contributed by atoms with Crippen LogP contribution in [0, 0.1) is 19.8 Å². The van der Waals surface area contributed by atoms with Crippen molar-refractivity contribution in [3.05, 3.63) is 28.8 Å². The number of nitrogens with zero attached hydrogens (tertiary/aromatic N) is 2. The van der Waals surface area contributed by atoms with E-state index < -0.39 is 0 Å². The Morgan fingerprint density at radius 1 is 1.16 bits per heavy atom. The number of hydrogen-bond donors (Lipinski definition) is 0. The lowest BCUT2D eigenvalue weighted by molar-refractivity contribution is 0.0701. The van der Waals surface area contributed by atoms with E-state index >= 15 is 0 Å². The zero-order chi connectivity index (χ0) is 17.6. The Hall–Kier alpha value is -1.68. The van der Waals surface area contributed by atoms with Crippen LogP contribution in [0.2, 0.25) is 0 Å². The second kappa shape index (κ2) is 8.61. The van der Waals surface area contributed by atoms with Crippen LogP contribution < -0.4 is 0 Å². The number of Topliss-reactive ketones (excluding diaryl/α,β-unsaturated/α-hetero) is 1. The van der Waals surface area contributed by atoms with E-state index in [0.717, 1.165) is 48.7 Å². The molecule has 1 aliphatic heterocycles. The lowest BCUT2D eigenvalue weighted by atomic mass is 9.84. The lowest BCUT2D eigenvalue weighted by Gasteiger charge is -2.24. The fourth-order valence-corrected chi connectivity index (χ4v) is 3.84. The van der Waals surface area contributed by atoms with Crippen LogP contribution in [0.25, 0.3) is 0 Å². The molecule has 136 valence electrons. The van der Waals surface area contributed by atoms with Crippen LogP contribution in [-0.2, 0) is 4.74 Å². The molecule has 0 amide bonds. The summed E-state index contributed by atoms with van der Waals surface area (Å²) in [6, 6.07) is 4.09. The second-order valence-electron chi connectivity index (χ2n) is 7.48. The number of aliphatic imine (C=N–C) groups is 1. The standard InChI is InChI=1S/C21H30N2O2/c1-16-13-20(22-15-23-8-10-25-11-9-23)17(2)12-19(16)21(24)14-18-6-4-3-5-7-18/h12-13,15,18H,3-11,14H2,1-2H3. The zero-order valence-electron chi connectivity index (χ0n) is 15.6. The minimum absolute atomic E-state index is 0.302. The first-order valence-corrected chi connectivity index (χ1v) is 9.64. The SMILES string of the molecule is Cc1cc(C(=O)CC2CCCCC2)c(C)cc1N=CN1CCOCC1. The molecule has 2 aliphatic rings. The summed E-state index contributed by atoms with van der Waals surface area (Å²) in [6.45, 7) is 7.38. The average Bonchev–Trinajstić information content (AvgIpc) is 2.63. The number of aryl methyl sites for hydroxylation is 2. The van der Waals surface area contributed by atoms with Gasteiger partial charge >= 0.3 is 0 Å². The molecular formula is C21H30N2O2. The molecule has 25 heavy (non-hydrogen) atoms. The van der Waals surface area contributed by atoms with E-state index in [1.807, 2.05) is 26.3 Å². The zero-order valence-corrected chi connectivity index (χ0v) is 15.6. The van der Waals surface area contributed by atoms with E-state index in [2.05, 4.69) is 16.0 Å². The molecule has 0 aromatic heterocycles. The number of ether oxygens (including phenoxy) is 1. The van der Waals surface area contributed by atoms with Gasteiger partial charge in [0.2, 0.25) is 0 Å². The summed E-state index contributed by atoms with van der Waals surface area (Å²) in [4.78, 5) is 19.6. The number of benzene rings is 1. The van der Waals surface area contributed by atoms with Gasteiger partial charge in [0, 0.05) is 25.1 Å². The predicted octanol–water partition coefficient (Wildman–Crippen LogP) is 4.45. The van der Waals surface area contributed by atoms with Crippen LogP contribution >= 0.6 is 0 Å². The summed E-state index contributed by atoms with van der Waals surface area (Å²) < 4.78 is 5.36. The summed E-state index contributed by atoms with van der Waals surface area (Å²) in [5.41, 5.74) is 3.95. The van der Waals surface area contributed by atoms with E-state index in [-0.39, 0.29) is 0 Å². The second-order valence-corrected chi connectivity index (χ2v) is 7.48. The molecule has 1 aromatic carbocycles. The number of carbonyl (C=O) groups is 1. The highest BCUT2D eigenvalue weighted by Crippen LogP contribution is 2.29. The molecule has 3 rings (SSSR count). The van der Waals surface area contributed by atoms with Crippen molar-refractivity contribution in [1.82, 2.24) is 4.90 Å². The van der Waals surface area contributed by atoms with Crippen molar-refractivity contribution in [3.63, 3.8) is 0 Å². The van der Waals surface area contributed by atoms with Gasteiger partial charge < -0.3 is 9.64 Å². The van der Waals surface area contributed by atoms with Gasteiger partial charge in [0.25, 0.3) is 0 Å².